The molecule has 1 amide bonds. The topological polar surface area (TPSA) is 103 Å². The summed E-state index contributed by atoms with van der Waals surface area (Å²) in [5, 5.41) is 20.0. The van der Waals surface area contributed by atoms with E-state index in [1.165, 1.54) is 12.1 Å². The van der Waals surface area contributed by atoms with Gasteiger partial charge in [0.05, 0.1) is 11.7 Å². The number of hydrogen-bond donors (Lipinski definition) is 3. The van der Waals surface area contributed by atoms with Gasteiger partial charge in [-0.05, 0) is 49.2 Å². The molecule has 144 valence electrons. The van der Waals surface area contributed by atoms with Gasteiger partial charge in [-0.15, -0.1) is 0 Å². The molecular formula is C20H26N4O3. The number of phenols is 1. The van der Waals surface area contributed by atoms with Crippen LogP contribution in [-0.2, 0) is 0 Å². The third-order valence-electron chi connectivity index (χ3n) is 4.97. The lowest BCUT2D eigenvalue weighted by molar-refractivity contribution is 0.0997. The van der Waals surface area contributed by atoms with E-state index in [2.05, 4.69) is 14.8 Å². The number of benzene rings is 1. The molecule has 2 aromatic rings. The number of carbonyl (C=O) groups is 1. The third-order valence-corrected chi connectivity index (χ3v) is 4.97. The Kier molecular flexibility index (Phi) is 6.26. The van der Waals surface area contributed by atoms with Gasteiger partial charge in [0.2, 0.25) is 0 Å². The lowest BCUT2D eigenvalue weighted by Gasteiger charge is -2.35. The number of aromatic hydroxyl groups is 1. The molecule has 3 rings (SSSR count). The molecule has 1 saturated heterocycles. The minimum Gasteiger partial charge on any atom is -0.507 e. The van der Waals surface area contributed by atoms with Crippen molar-refractivity contribution in [3.05, 3.63) is 53.7 Å². The molecule has 0 radical (unpaired) electrons. The molecule has 0 saturated carbocycles. The van der Waals surface area contributed by atoms with Crippen LogP contribution in [0.25, 0.3) is 0 Å². The first kappa shape index (κ1) is 19.1. The van der Waals surface area contributed by atoms with E-state index in [0.29, 0.717) is 12.0 Å². The number of amides is 1. The first-order valence-electron chi connectivity index (χ1n) is 9.23. The highest BCUT2D eigenvalue weighted by Gasteiger charge is 2.18. The smallest absolute Gasteiger partial charge is 0.252 e. The molecule has 27 heavy (non-hydrogen) atoms. The number of nitrogens with zero attached hydrogens (tertiary/aromatic N) is 3. The number of pyridine rings is 1. The van der Waals surface area contributed by atoms with Crippen molar-refractivity contribution in [3.63, 3.8) is 0 Å². The number of carbonyl (C=O) groups excluding carboxylic acids is 1. The van der Waals surface area contributed by atoms with Gasteiger partial charge >= 0.3 is 0 Å². The fraction of sp³-hybridized carbons (Fsp3) is 0.400. The number of primary amides is 1. The van der Waals surface area contributed by atoms with E-state index in [1.807, 2.05) is 24.4 Å². The van der Waals surface area contributed by atoms with Gasteiger partial charge in [-0.2, -0.15) is 0 Å². The highest BCUT2D eigenvalue weighted by atomic mass is 16.3. The Morgan fingerprint density at radius 2 is 1.96 bits per heavy atom. The summed E-state index contributed by atoms with van der Waals surface area (Å²) >= 11 is 0. The molecule has 7 heteroatoms. The van der Waals surface area contributed by atoms with Gasteiger partial charge in [0.1, 0.15) is 11.6 Å². The van der Waals surface area contributed by atoms with Crippen LogP contribution in [0.1, 0.15) is 34.9 Å². The van der Waals surface area contributed by atoms with Crippen molar-refractivity contribution < 1.29 is 15.0 Å². The maximum absolute atomic E-state index is 11.3. The number of aliphatic hydroxyl groups is 1. The van der Waals surface area contributed by atoms with Gasteiger partial charge in [0, 0.05) is 32.4 Å². The number of nitrogens with two attached hydrogens (primary N) is 1. The van der Waals surface area contributed by atoms with Gasteiger partial charge in [-0.1, -0.05) is 12.1 Å². The zero-order valence-corrected chi connectivity index (χ0v) is 15.3. The van der Waals surface area contributed by atoms with E-state index < -0.39 is 12.0 Å². The molecule has 1 fully saturated rings. The number of anilines is 1. The summed E-state index contributed by atoms with van der Waals surface area (Å²) in [7, 11) is 0. The molecular weight excluding hydrogens is 344 g/mol. The number of piperazine rings is 1. The van der Waals surface area contributed by atoms with E-state index in [-0.39, 0.29) is 11.3 Å². The summed E-state index contributed by atoms with van der Waals surface area (Å²) in [6, 6.07) is 10.4. The number of hydrogen-bond acceptors (Lipinski definition) is 6. The van der Waals surface area contributed by atoms with Crippen molar-refractivity contribution in [2.75, 3.05) is 37.6 Å². The standard InChI is InChI=1S/C20H26N4O3/c21-20(27)16-14-15(6-7-18(16)26)17(25)4-3-9-23-10-12-24(13-11-23)19-5-1-2-8-22-19/h1-2,5-8,14,17,25-26H,3-4,9-13H2,(H2,21,27). The fourth-order valence-corrected chi connectivity index (χ4v) is 3.37. The molecule has 0 aliphatic carbocycles. The molecule has 1 aliphatic heterocycles. The van der Waals surface area contributed by atoms with Crippen molar-refractivity contribution in [1.82, 2.24) is 9.88 Å². The van der Waals surface area contributed by atoms with Crippen molar-refractivity contribution in [2.24, 2.45) is 5.73 Å². The zero-order valence-electron chi connectivity index (χ0n) is 15.3. The van der Waals surface area contributed by atoms with E-state index in [1.54, 1.807) is 6.07 Å². The summed E-state index contributed by atoms with van der Waals surface area (Å²) in [6.45, 7) is 4.74. The first-order chi connectivity index (χ1) is 13.0. The van der Waals surface area contributed by atoms with E-state index >= 15 is 0 Å². The van der Waals surface area contributed by atoms with Gasteiger partial charge < -0.3 is 20.8 Å². The predicted octanol–water partition coefficient (Wildman–Crippen LogP) is 1.52. The zero-order chi connectivity index (χ0) is 19.2. The maximum atomic E-state index is 11.3. The van der Waals surface area contributed by atoms with Crippen molar-refractivity contribution >= 4 is 11.7 Å². The second-order valence-corrected chi connectivity index (χ2v) is 6.82. The van der Waals surface area contributed by atoms with Crippen LogP contribution in [0.5, 0.6) is 5.75 Å². The fourth-order valence-electron chi connectivity index (χ4n) is 3.37. The average molecular weight is 370 g/mol. The normalized spacial score (nSPS) is 16.3. The molecule has 2 heterocycles. The average Bonchev–Trinajstić information content (AvgIpc) is 2.69. The van der Waals surface area contributed by atoms with Crippen LogP contribution in [0.2, 0.25) is 0 Å². The lowest BCUT2D eigenvalue weighted by Crippen LogP contribution is -2.46. The van der Waals surface area contributed by atoms with Crippen LogP contribution in [0, 0.1) is 0 Å². The molecule has 1 aromatic heterocycles. The Morgan fingerprint density at radius 1 is 1.19 bits per heavy atom. The van der Waals surface area contributed by atoms with Crippen LogP contribution in [0.15, 0.2) is 42.6 Å². The molecule has 1 aromatic carbocycles. The van der Waals surface area contributed by atoms with Crippen molar-refractivity contribution in [1.29, 1.82) is 0 Å². The largest absolute Gasteiger partial charge is 0.507 e. The van der Waals surface area contributed by atoms with Crippen LogP contribution in [-0.4, -0.2) is 58.7 Å². The Balaban J connectivity index is 1.44. The minimum absolute atomic E-state index is 0.0391. The van der Waals surface area contributed by atoms with E-state index in [4.69, 9.17) is 5.73 Å². The molecule has 1 unspecified atom stereocenters. The maximum Gasteiger partial charge on any atom is 0.252 e. The molecule has 0 bridgehead atoms. The van der Waals surface area contributed by atoms with Gasteiger partial charge in [-0.25, -0.2) is 4.98 Å². The summed E-state index contributed by atoms with van der Waals surface area (Å²) < 4.78 is 0. The van der Waals surface area contributed by atoms with Crippen LogP contribution < -0.4 is 10.6 Å². The predicted molar refractivity (Wildman–Crippen MR) is 104 cm³/mol. The Labute approximate surface area is 159 Å². The Bertz CT molecular complexity index is 761. The minimum atomic E-state index is -0.702. The second-order valence-electron chi connectivity index (χ2n) is 6.82. The first-order valence-corrected chi connectivity index (χ1v) is 9.23. The summed E-state index contributed by atoms with van der Waals surface area (Å²) in [5.41, 5.74) is 5.88. The Morgan fingerprint density at radius 3 is 2.63 bits per heavy atom. The molecule has 4 N–H and O–H groups in total. The Hall–Kier alpha value is -2.64. The monoisotopic (exact) mass is 370 g/mol. The van der Waals surface area contributed by atoms with Crippen molar-refractivity contribution in [2.45, 2.75) is 18.9 Å². The van der Waals surface area contributed by atoms with Crippen LogP contribution in [0.4, 0.5) is 5.82 Å². The number of rotatable bonds is 7. The molecule has 7 nitrogen and oxygen atoms in total. The summed E-state index contributed by atoms with van der Waals surface area (Å²) in [5.74, 6) is 0.154. The highest BCUT2D eigenvalue weighted by molar-refractivity contribution is 5.95. The molecule has 1 atom stereocenters. The van der Waals surface area contributed by atoms with E-state index in [9.17, 15) is 15.0 Å². The van der Waals surface area contributed by atoms with Crippen LogP contribution >= 0.6 is 0 Å². The summed E-state index contributed by atoms with van der Waals surface area (Å²) in [4.78, 5) is 20.4. The second kappa shape index (κ2) is 8.83. The SMILES string of the molecule is NC(=O)c1cc(C(O)CCCN2CCN(c3ccccn3)CC2)ccc1O. The quantitative estimate of drug-likeness (QED) is 0.683. The van der Waals surface area contributed by atoms with Gasteiger partial charge in [0.15, 0.2) is 0 Å². The van der Waals surface area contributed by atoms with Gasteiger partial charge in [-0.3, -0.25) is 9.69 Å². The molecule has 1 aliphatic rings. The number of aliphatic hydroxyl groups excluding tert-OH is 1. The highest BCUT2D eigenvalue weighted by Crippen LogP contribution is 2.25. The van der Waals surface area contributed by atoms with E-state index in [0.717, 1.165) is 45.0 Å². The lowest BCUT2D eigenvalue weighted by atomic mass is 10.0. The van der Waals surface area contributed by atoms with Gasteiger partial charge in [0.25, 0.3) is 5.91 Å². The van der Waals surface area contributed by atoms with Crippen molar-refractivity contribution in [3.8, 4) is 5.75 Å². The molecule has 0 spiro atoms. The van der Waals surface area contributed by atoms with Crippen LogP contribution in [0.3, 0.4) is 0 Å². The third kappa shape index (κ3) is 4.96. The summed E-state index contributed by atoms with van der Waals surface area (Å²) in [6.07, 6.45) is 2.57. The number of aromatic nitrogens is 1.